The van der Waals surface area contributed by atoms with Gasteiger partial charge in [-0.05, 0) is 43.0 Å². The number of hydrogen-bond donors (Lipinski definition) is 4. The molecule has 0 fully saturated rings. The van der Waals surface area contributed by atoms with E-state index in [2.05, 4.69) is 10.3 Å². The van der Waals surface area contributed by atoms with Gasteiger partial charge in [0.25, 0.3) is 0 Å². The van der Waals surface area contributed by atoms with Gasteiger partial charge in [-0.2, -0.15) is 0 Å². The third-order valence-electron chi connectivity index (χ3n) is 5.15. The lowest BCUT2D eigenvalue weighted by molar-refractivity contribution is 0.201. The molecule has 0 unspecified atom stereocenters. The average molecular weight is 454 g/mol. The monoisotopic (exact) mass is 453 g/mol. The lowest BCUT2D eigenvalue weighted by Gasteiger charge is -2.30. The molecule has 1 aromatic heterocycles. The second kappa shape index (κ2) is 9.78. The van der Waals surface area contributed by atoms with Gasteiger partial charge in [0, 0.05) is 25.1 Å². The quantitative estimate of drug-likeness (QED) is 0.510. The van der Waals surface area contributed by atoms with Gasteiger partial charge in [-0.3, -0.25) is 0 Å². The molecule has 0 aliphatic carbocycles. The number of halogens is 2. The van der Waals surface area contributed by atoms with Crippen LogP contribution >= 0.6 is 23.2 Å². The molecule has 2 amide bonds. The van der Waals surface area contributed by atoms with Crippen molar-refractivity contribution in [1.82, 2.24) is 14.9 Å². The highest BCUT2D eigenvalue weighted by molar-refractivity contribution is 6.42. The van der Waals surface area contributed by atoms with Crippen LogP contribution in [0.1, 0.15) is 41.8 Å². The summed E-state index contributed by atoms with van der Waals surface area (Å²) in [7, 11) is 0. The number of nitrogens with two attached hydrogens (primary N) is 1. The molecule has 2 heterocycles. The highest BCUT2D eigenvalue weighted by Gasteiger charge is 2.28. The van der Waals surface area contributed by atoms with E-state index in [1.54, 1.807) is 12.1 Å². The molecule has 30 heavy (non-hydrogen) atoms. The minimum absolute atomic E-state index is 0.0487. The van der Waals surface area contributed by atoms with Crippen LogP contribution in [0, 0.1) is 0 Å². The Bertz CT molecular complexity index is 928. The Hall–Kier alpha value is -2.13. The molecule has 1 aromatic carbocycles. The van der Waals surface area contributed by atoms with Crippen LogP contribution in [0.15, 0.2) is 18.2 Å². The number of primary amides is 1. The van der Waals surface area contributed by atoms with E-state index < -0.39 is 6.03 Å². The van der Waals surface area contributed by atoms with Gasteiger partial charge in [0.1, 0.15) is 0 Å². The second-order valence-electron chi connectivity index (χ2n) is 7.33. The summed E-state index contributed by atoms with van der Waals surface area (Å²) in [5.41, 5.74) is 8.72. The number of rotatable bonds is 7. The number of urea groups is 1. The molecular weight excluding hydrogens is 429 g/mol. The highest BCUT2D eigenvalue weighted by atomic mass is 35.5. The minimum Gasteiger partial charge on any atom is -0.396 e. The number of hydrogen-bond acceptors (Lipinski definition) is 6. The number of carbonyl (C=O) groups is 1. The van der Waals surface area contributed by atoms with E-state index in [-0.39, 0.29) is 31.7 Å². The third-order valence-corrected chi connectivity index (χ3v) is 5.89. The van der Waals surface area contributed by atoms with Crippen molar-refractivity contribution in [2.45, 2.75) is 38.3 Å². The fourth-order valence-corrected chi connectivity index (χ4v) is 3.89. The SMILES string of the molecule is C[C@@H](CO)Nc1nc2c(c([C@H](CCO)c3ccc(Cl)c(Cl)c3)n1)CCN(C(N)=O)C2. The zero-order valence-corrected chi connectivity index (χ0v) is 18.1. The van der Waals surface area contributed by atoms with E-state index in [0.717, 1.165) is 16.8 Å². The predicted molar refractivity (Wildman–Crippen MR) is 116 cm³/mol. The summed E-state index contributed by atoms with van der Waals surface area (Å²) in [6.45, 7) is 2.41. The maximum absolute atomic E-state index is 11.7. The van der Waals surface area contributed by atoms with E-state index in [0.29, 0.717) is 41.1 Å². The zero-order valence-electron chi connectivity index (χ0n) is 16.6. The highest BCUT2D eigenvalue weighted by Crippen LogP contribution is 2.35. The Morgan fingerprint density at radius 1 is 1.30 bits per heavy atom. The molecule has 3 rings (SSSR count). The summed E-state index contributed by atoms with van der Waals surface area (Å²) >= 11 is 12.3. The normalized spacial score (nSPS) is 15.4. The van der Waals surface area contributed by atoms with E-state index in [9.17, 15) is 15.0 Å². The van der Waals surface area contributed by atoms with Crippen LogP contribution in [0.4, 0.5) is 10.7 Å². The Morgan fingerprint density at radius 2 is 2.07 bits per heavy atom. The number of aliphatic hydroxyl groups excluding tert-OH is 2. The molecule has 0 radical (unpaired) electrons. The van der Waals surface area contributed by atoms with Crippen LogP contribution in [-0.2, 0) is 13.0 Å². The number of anilines is 1. The summed E-state index contributed by atoms with van der Waals surface area (Å²) in [5, 5.41) is 23.1. The molecular formula is C20H25Cl2N5O3. The molecule has 2 aromatic rings. The molecule has 1 aliphatic heterocycles. The average Bonchev–Trinajstić information content (AvgIpc) is 2.73. The van der Waals surface area contributed by atoms with E-state index in [1.807, 2.05) is 13.0 Å². The molecule has 10 heteroatoms. The molecule has 2 atom stereocenters. The van der Waals surface area contributed by atoms with Crippen LogP contribution in [-0.4, -0.2) is 56.9 Å². The number of nitrogens with zero attached hydrogens (tertiary/aromatic N) is 3. The topological polar surface area (TPSA) is 125 Å². The first kappa shape index (κ1) is 22.6. The van der Waals surface area contributed by atoms with E-state index in [4.69, 9.17) is 33.9 Å². The molecule has 8 nitrogen and oxygen atoms in total. The van der Waals surface area contributed by atoms with Crippen molar-refractivity contribution in [3.05, 3.63) is 50.8 Å². The van der Waals surface area contributed by atoms with Gasteiger partial charge in [0.15, 0.2) is 0 Å². The number of benzene rings is 1. The summed E-state index contributed by atoms with van der Waals surface area (Å²) < 4.78 is 0. The molecule has 5 N–H and O–H groups in total. The van der Waals surface area contributed by atoms with E-state index >= 15 is 0 Å². The number of aromatic nitrogens is 2. The molecule has 0 spiro atoms. The van der Waals surface area contributed by atoms with Crippen LogP contribution < -0.4 is 11.1 Å². The maximum atomic E-state index is 11.7. The maximum Gasteiger partial charge on any atom is 0.315 e. The zero-order chi connectivity index (χ0) is 21.8. The van der Waals surface area contributed by atoms with Crippen molar-refractivity contribution in [3.63, 3.8) is 0 Å². The first-order valence-electron chi connectivity index (χ1n) is 9.71. The molecule has 0 saturated carbocycles. The summed E-state index contributed by atoms with van der Waals surface area (Å²) in [4.78, 5) is 22.5. The molecule has 162 valence electrons. The fraction of sp³-hybridized carbons (Fsp3) is 0.450. The van der Waals surface area contributed by atoms with Gasteiger partial charge in [-0.1, -0.05) is 29.3 Å². The number of amides is 2. The Balaban J connectivity index is 2.11. The second-order valence-corrected chi connectivity index (χ2v) is 8.15. The van der Waals surface area contributed by atoms with Crippen molar-refractivity contribution in [3.8, 4) is 0 Å². The predicted octanol–water partition coefficient (Wildman–Crippen LogP) is 2.53. The van der Waals surface area contributed by atoms with Gasteiger partial charge in [-0.15, -0.1) is 0 Å². The number of carbonyl (C=O) groups excluding carboxylic acids is 1. The van der Waals surface area contributed by atoms with Gasteiger partial charge < -0.3 is 26.2 Å². The van der Waals surface area contributed by atoms with Crippen molar-refractivity contribution in [2.24, 2.45) is 5.73 Å². The number of fused-ring (bicyclic) bond motifs is 1. The lowest BCUT2D eigenvalue weighted by Crippen LogP contribution is -2.40. The summed E-state index contributed by atoms with van der Waals surface area (Å²) in [5.74, 6) is 0.103. The Labute approximate surface area is 185 Å². The number of nitrogens with one attached hydrogen (secondary N) is 1. The first-order chi connectivity index (χ1) is 14.3. The molecule has 1 aliphatic rings. The van der Waals surface area contributed by atoms with Crippen molar-refractivity contribution in [1.29, 1.82) is 0 Å². The van der Waals surface area contributed by atoms with Crippen LogP contribution in [0.3, 0.4) is 0 Å². The minimum atomic E-state index is -0.504. The van der Waals surface area contributed by atoms with Gasteiger partial charge in [0.2, 0.25) is 5.95 Å². The van der Waals surface area contributed by atoms with Crippen molar-refractivity contribution >= 4 is 35.2 Å². The Morgan fingerprint density at radius 3 is 2.70 bits per heavy atom. The van der Waals surface area contributed by atoms with Gasteiger partial charge >= 0.3 is 6.03 Å². The fourth-order valence-electron chi connectivity index (χ4n) is 3.59. The number of aliphatic hydroxyl groups is 2. The lowest BCUT2D eigenvalue weighted by atomic mass is 9.87. The first-order valence-corrected chi connectivity index (χ1v) is 10.5. The van der Waals surface area contributed by atoms with Crippen LogP contribution in [0.5, 0.6) is 0 Å². The van der Waals surface area contributed by atoms with Gasteiger partial charge in [-0.25, -0.2) is 14.8 Å². The van der Waals surface area contributed by atoms with Crippen LogP contribution in [0.2, 0.25) is 10.0 Å². The van der Waals surface area contributed by atoms with Crippen molar-refractivity contribution < 1.29 is 15.0 Å². The summed E-state index contributed by atoms with van der Waals surface area (Å²) in [6.07, 6.45) is 0.975. The Kier molecular flexibility index (Phi) is 7.36. The third kappa shape index (κ3) is 4.95. The van der Waals surface area contributed by atoms with E-state index in [1.165, 1.54) is 4.90 Å². The molecule has 0 saturated heterocycles. The van der Waals surface area contributed by atoms with Crippen LogP contribution in [0.25, 0.3) is 0 Å². The van der Waals surface area contributed by atoms with Crippen molar-refractivity contribution in [2.75, 3.05) is 25.1 Å². The standard InChI is InChI=1S/C20H25Cl2N5O3/c1-11(10-29)24-20-25-17-9-27(19(23)30)6-4-14(17)18(26-20)13(5-7-28)12-2-3-15(21)16(22)8-12/h2-3,8,11,13,28-29H,4-7,9-10H2,1H3,(H2,23,30)(H,24,25,26)/t11-,13+/m0/s1. The smallest absolute Gasteiger partial charge is 0.315 e. The van der Waals surface area contributed by atoms with Gasteiger partial charge in [0.05, 0.1) is 34.6 Å². The molecule has 0 bridgehead atoms. The largest absolute Gasteiger partial charge is 0.396 e. The summed E-state index contributed by atoms with van der Waals surface area (Å²) in [6, 6.07) is 4.61.